The number of hydrogen-bond acceptors (Lipinski definition) is 3. The average molecular weight is 187 g/mol. The van der Waals surface area contributed by atoms with Gasteiger partial charge in [-0.3, -0.25) is 0 Å². The van der Waals surface area contributed by atoms with Gasteiger partial charge in [-0.1, -0.05) is 6.42 Å². The fraction of sp³-hybridized carbons (Fsp3) is 1.00. The third-order valence-electron chi connectivity index (χ3n) is 2.76. The maximum Gasteiger partial charge on any atom is 0.0615 e. The average Bonchev–Trinajstić information content (AvgIpc) is 2.51. The van der Waals surface area contributed by atoms with Crippen molar-refractivity contribution in [2.24, 2.45) is 11.7 Å². The Balaban J connectivity index is 2.13. The van der Waals surface area contributed by atoms with Crippen molar-refractivity contribution in [3.8, 4) is 0 Å². The zero-order valence-electron chi connectivity index (χ0n) is 8.41. The van der Waals surface area contributed by atoms with Crippen LogP contribution in [0.15, 0.2) is 0 Å². The molecule has 0 aromatic carbocycles. The highest BCUT2D eigenvalue weighted by molar-refractivity contribution is 4.78. The van der Waals surface area contributed by atoms with E-state index in [2.05, 4.69) is 0 Å². The lowest BCUT2D eigenvalue weighted by atomic mass is 10.1. The van der Waals surface area contributed by atoms with Crippen LogP contribution < -0.4 is 5.73 Å². The topological polar surface area (TPSA) is 55.5 Å². The molecule has 1 aliphatic carbocycles. The van der Waals surface area contributed by atoms with Crippen LogP contribution in [0.5, 0.6) is 0 Å². The molecule has 1 fully saturated rings. The summed E-state index contributed by atoms with van der Waals surface area (Å²) in [6.07, 6.45) is 4.41. The summed E-state index contributed by atoms with van der Waals surface area (Å²) in [6.45, 7) is 3.19. The van der Waals surface area contributed by atoms with E-state index in [0.29, 0.717) is 18.6 Å². The Morgan fingerprint density at radius 3 is 2.92 bits per heavy atom. The first-order valence-corrected chi connectivity index (χ1v) is 5.23. The summed E-state index contributed by atoms with van der Waals surface area (Å²) in [5, 5.41) is 9.04. The first kappa shape index (κ1) is 11.0. The Kier molecular flexibility index (Phi) is 4.70. The first-order valence-electron chi connectivity index (χ1n) is 5.23. The standard InChI is InChI=1S/C10H21NO2/c1-8(12)5-6-13-10-4-2-3-9(10)7-11/h8-10,12H,2-7,11H2,1H3. The maximum absolute atomic E-state index is 9.04. The molecule has 13 heavy (non-hydrogen) atoms. The van der Waals surface area contributed by atoms with Crippen molar-refractivity contribution in [1.82, 2.24) is 0 Å². The van der Waals surface area contributed by atoms with Crippen molar-refractivity contribution in [2.45, 2.75) is 44.8 Å². The van der Waals surface area contributed by atoms with Crippen LogP contribution in [0.2, 0.25) is 0 Å². The first-order chi connectivity index (χ1) is 6.24. The van der Waals surface area contributed by atoms with Crippen molar-refractivity contribution < 1.29 is 9.84 Å². The lowest BCUT2D eigenvalue weighted by Crippen LogP contribution is -2.26. The van der Waals surface area contributed by atoms with Crippen LogP contribution in [0.4, 0.5) is 0 Å². The van der Waals surface area contributed by atoms with Crippen LogP contribution in [-0.4, -0.2) is 30.5 Å². The molecule has 1 rings (SSSR count). The molecule has 3 heteroatoms. The van der Waals surface area contributed by atoms with Crippen LogP contribution in [-0.2, 0) is 4.74 Å². The molecule has 3 N–H and O–H groups in total. The Hall–Kier alpha value is -0.120. The van der Waals surface area contributed by atoms with E-state index in [1.54, 1.807) is 6.92 Å². The summed E-state index contributed by atoms with van der Waals surface area (Å²) >= 11 is 0. The van der Waals surface area contributed by atoms with E-state index < -0.39 is 0 Å². The number of rotatable bonds is 5. The minimum Gasteiger partial charge on any atom is -0.393 e. The van der Waals surface area contributed by atoms with Gasteiger partial charge in [0.05, 0.1) is 12.2 Å². The molecule has 3 nitrogen and oxygen atoms in total. The summed E-state index contributed by atoms with van der Waals surface area (Å²) in [5.74, 6) is 0.550. The molecule has 0 aliphatic heterocycles. The van der Waals surface area contributed by atoms with Crippen molar-refractivity contribution in [2.75, 3.05) is 13.2 Å². The Morgan fingerprint density at radius 1 is 1.54 bits per heavy atom. The smallest absolute Gasteiger partial charge is 0.0615 e. The number of hydrogen-bond donors (Lipinski definition) is 2. The van der Waals surface area contributed by atoms with Gasteiger partial charge in [0.15, 0.2) is 0 Å². The molecule has 0 spiro atoms. The summed E-state index contributed by atoms with van der Waals surface area (Å²) in [7, 11) is 0. The van der Waals surface area contributed by atoms with Gasteiger partial charge >= 0.3 is 0 Å². The summed E-state index contributed by atoms with van der Waals surface area (Å²) in [4.78, 5) is 0. The Labute approximate surface area is 80.3 Å². The quantitative estimate of drug-likeness (QED) is 0.672. The Bertz CT molecular complexity index is 139. The van der Waals surface area contributed by atoms with Crippen LogP contribution in [0, 0.1) is 5.92 Å². The number of aliphatic hydroxyl groups excluding tert-OH is 1. The van der Waals surface area contributed by atoms with E-state index in [0.717, 1.165) is 19.4 Å². The maximum atomic E-state index is 9.04. The van der Waals surface area contributed by atoms with Gasteiger partial charge in [-0.05, 0) is 38.6 Å². The van der Waals surface area contributed by atoms with E-state index in [1.807, 2.05) is 0 Å². The lowest BCUT2D eigenvalue weighted by molar-refractivity contribution is 0.0130. The van der Waals surface area contributed by atoms with Gasteiger partial charge in [0.2, 0.25) is 0 Å². The highest BCUT2D eigenvalue weighted by atomic mass is 16.5. The monoisotopic (exact) mass is 187 g/mol. The van der Waals surface area contributed by atoms with Crippen molar-refractivity contribution >= 4 is 0 Å². The minimum absolute atomic E-state index is 0.252. The number of nitrogens with two attached hydrogens (primary N) is 1. The van der Waals surface area contributed by atoms with Crippen LogP contribution in [0.1, 0.15) is 32.6 Å². The molecule has 78 valence electrons. The van der Waals surface area contributed by atoms with E-state index in [4.69, 9.17) is 15.6 Å². The van der Waals surface area contributed by atoms with Crippen molar-refractivity contribution in [3.63, 3.8) is 0 Å². The zero-order chi connectivity index (χ0) is 9.68. The molecule has 0 amide bonds. The molecule has 0 bridgehead atoms. The third kappa shape index (κ3) is 3.63. The van der Waals surface area contributed by atoms with E-state index in [-0.39, 0.29) is 6.10 Å². The summed E-state index contributed by atoms with van der Waals surface area (Å²) in [6, 6.07) is 0. The van der Waals surface area contributed by atoms with Crippen LogP contribution >= 0.6 is 0 Å². The van der Waals surface area contributed by atoms with Crippen molar-refractivity contribution in [1.29, 1.82) is 0 Å². The predicted molar refractivity (Wildman–Crippen MR) is 52.4 cm³/mol. The zero-order valence-corrected chi connectivity index (χ0v) is 8.41. The molecule has 0 aromatic heterocycles. The number of ether oxygens (including phenoxy) is 1. The fourth-order valence-corrected chi connectivity index (χ4v) is 1.88. The molecule has 3 unspecified atom stereocenters. The molecule has 0 saturated heterocycles. The lowest BCUT2D eigenvalue weighted by Gasteiger charge is -2.18. The second-order valence-corrected chi connectivity index (χ2v) is 3.97. The van der Waals surface area contributed by atoms with Gasteiger partial charge in [-0.15, -0.1) is 0 Å². The molecule has 1 aliphatic rings. The molecular formula is C10H21NO2. The Morgan fingerprint density at radius 2 is 2.31 bits per heavy atom. The van der Waals surface area contributed by atoms with Crippen molar-refractivity contribution in [3.05, 3.63) is 0 Å². The minimum atomic E-state index is -0.252. The van der Waals surface area contributed by atoms with E-state index >= 15 is 0 Å². The van der Waals surface area contributed by atoms with Gasteiger partial charge in [-0.2, -0.15) is 0 Å². The molecular weight excluding hydrogens is 166 g/mol. The van der Waals surface area contributed by atoms with Gasteiger partial charge in [0.1, 0.15) is 0 Å². The normalized spacial score (nSPS) is 30.7. The van der Waals surface area contributed by atoms with Crippen LogP contribution in [0.25, 0.3) is 0 Å². The largest absolute Gasteiger partial charge is 0.393 e. The molecule has 1 saturated carbocycles. The molecule has 0 radical (unpaired) electrons. The molecule has 0 heterocycles. The van der Waals surface area contributed by atoms with Gasteiger partial charge in [0.25, 0.3) is 0 Å². The van der Waals surface area contributed by atoms with Gasteiger partial charge in [0, 0.05) is 6.61 Å². The van der Waals surface area contributed by atoms with Gasteiger partial charge < -0.3 is 15.6 Å². The fourth-order valence-electron chi connectivity index (χ4n) is 1.88. The highest BCUT2D eigenvalue weighted by Crippen LogP contribution is 2.27. The SMILES string of the molecule is CC(O)CCOC1CCCC1CN. The van der Waals surface area contributed by atoms with E-state index in [1.165, 1.54) is 12.8 Å². The second-order valence-electron chi connectivity index (χ2n) is 3.97. The highest BCUT2D eigenvalue weighted by Gasteiger charge is 2.26. The predicted octanol–water partition coefficient (Wildman–Crippen LogP) is 0.901. The van der Waals surface area contributed by atoms with Crippen LogP contribution in [0.3, 0.4) is 0 Å². The summed E-state index contributed by atoms with van der Waals surface area (Å²) in [5.41, 5.74) is 5.63. The molecule has 3 atom stereocenters. The molecule has 0 aromatic rings. The number of aliphatic hydroxyl groups is 1. The second kappa shape index (κ2) is 5.58. The van der Waals surface area contributed by atoms with Gasteiger partial charge in [-0.25, -0.2) is 0 Å². The summed E-state index contributed by atoms with van der Waals surface area (Å²) < 4.78 is 5.68. The third-order valence-corrected chi connectivity index (χ3v) is 2.76. The van der Waals surface area contributed by atoms with E-state index in [9.17, 15) is 0 Å².